The Morgan fingerprint density at radius 1 is 1.11 bits per heavy atom. The van der Waals surface area contributed by atoms with Crippen LogP contribution in [0.2, 0.25) is 0 Å². The summed E-state index contributed by atoms with van der Waals surface area (Å²) in [6.07, 6.45) is 5.07. The van der Waals surface area contributed by atoms with Gasteiger partial charge in [-0.25, -0.2) is 14.8 Å². The molecule has 1 aromatic carbocycles. The van der Waals surface area contributed by atoms with E-state index in [0.717, 1.165) is 29.7 Å². The van der Waals surface area contributed by atoms with Crippen LogP contribution in [-0.2, 0) is 14.3 Å². The first-order valence-electron chi connectivity index (χ1n) is 15.0. The lowest BCUT2D eigenvalue weighted by molar-refractivity contribution is -0.132. The lowest BCUT2D eigenvalue weighted by Gasteiger charge is -2.24. The van der Waals surface area contributed by atoms with Crippen LogP contribution in [0, 0.1) is 20.8 Å². The van der Waals surface area contributed by atoms with E-state index in [2.05, 4.69) is 23.5 Å². The van der Waals surface area contributed by atoms with Gasteiger partial charge in [0.15, 0.2) is 22.4 Å². The number of nitrogens with zero attached hydrogens (tertiary/aromatic N) is 4. The first kappa shape index (κ1) is 32.4. The van der Waals surface area contributed by atoms with E-state index in [0.29, 0.717) is 47.3 Å². The average molecular weight is 645 g/mol. The molecule has 1 N–H and O–H groups in total. The van der Waals surface area contributed by atoms with E-state index in [1.54, 1.807) is 32.0 Å². The molecule has 0 bridgehead atoms. The number of ketones is 1. The molecule has 3 aromatic heterocycles. The summed E-state index contributed by atoms with van der Waals surface area (Å²) in [6.45, 7) is 13.6. The van der Waals surface area contributed by atoms with Crippen LogP contribution in [0.15, 0.2) is 54.8 Å². The minimum Gasteiger partial charge on any atom is -0.505 e. The van der Waals surface area contributed by atoms with Crippen molar-refractivity contribution in [1.29, 1.82) is 0 Å². The maximum atomic E-state index is 13.9. The van der Waals surface area contributed by atoms with Crippen molar-refractivity contribution in [3.63, 3.8) is 0 Å². The molecule has 46 heavy (non-hydrogen) atoms. The van der Waals surface area contributed by atoms with Crippen molar-refractivity contribution in [2.45, 2.75) is 53.5 Å². The van der Waals surface area contributed by atoms with Crippen LogP contribution >= 0.6 is 11.3 Å². The monoisotopic (exact) mass is 644 g/mol. The third-order valence-corrected chi connectivity index (χ3v) is 8.74. The van der Waals surface area contributed by atoms with Gasteiger partial charge in [0.1, 0.15) is 22.8 Å². The summed E-state index contributed by atoms with van der Waals surface area (Å²) in [7, 11) is 0. The maximum absolute atomic E-state index is 13.9. The van der Waals surface area contributed by atoms with Crippen LogP contribution < -0.4 is 14.4 Å². The standard InChI is InChI=1S/C34H36N4O7S/c1-7-10-17-44-23-14-13-22(18-24(23)43-9-3)27-25(28(39)26-21(6)37-15-11-12-19(4)31(37)36-26)29(40)32(41)38(27)34-35-20(5)30(46-34)33(42)45-16-8-2/h8,11-15,18,27,39H,2,7,9-10,16-17H2,1,3-6H3/b28-25+. The number of aliphatic hydroxyl groups excluding tert-OH is 1. The summed E-state index contributed by atoms with van der Waals surface area (Å²) in [5.74, 6) is -1.94. The topological polar surface area (TPSA) is 133 Å². The molecular weight excluding hydrogens is 608 g/mol. The van der Waals surface area contributed by atoms with Crippen LogP contribution in [0.25, 0.3) is 11.4 Å². The number of amides is 1. The number of carbonyl (C=O) groups is 3. The molecule has 5 rings (SSSR count). The predicted molar refractivity (Wildman–Crippen MR) is 175 cm³/mol. The third-order valence-electron chi connectivity index (χ3n) is 7.60. The van der Waals surface area contributed by atoms with Crippen molar-refractivity contribution < 1.29 is 33.7 Å². The summed E-state index contributed by atoms with van der Waals surface area (Å²) < 4.78 is 18.9. The highest BCUT2D eigenvalue weighted by atomic mass is 32.1. The molecule has 1 unspecified atom stereocenters. The van der Waals surface area contributed by atoms with E-state index in [9.17, 15) is 19.5 Å². The highest BCUT2D eigenvalue weighted by Gasteiger charge is 2.49. The van der Waals surface area contributed by atoms with Crippen molar-refractivity contribution in [2.24, 2.45) is 0 Å². The molecule has 240 valence electrons. The van der Waals surface area contributed by atoms with Crippen molar-refractivity contribution >= 4 is 45.5 Å². The van der Waals surface area contributed by atoms with Crippen molar-refractivity contribution in [2.75, 3.05) is 24.7 Å². The summed E-state index contributed by atoms with van der Waals surface area (Å²) >= 11 is 0.922. The third kappa shape index (κ3) is 5.87. The Bertz CT molecular complexity index is 1870. The molecule has 4 aromatic rings. The van der Waals surface area contributed by atoms with Gasteiger partial charge < -0.3 is 23.7 Å². The molecule has 0 radical (unpaired) electrons. The minimum atomic E-state index is -1.13. The number of aromatic nitrogens is 3. The number of rotatable bonds is 12. The average Bonchev–Trinajstić information content (AvgIpc) is 3.68. The van der Waals surface area contributed by atoms with Crippen molar-refractivity contribution in [3.8, 4) is 11.5 Å². The molecule has 1 fully saturated rings. The molecule has 0 aliphatic carbocycles. The van der Waals surface area contributed by atoms with Crippen LogP contribution in [0.4, 0.5) is 5.13 Å². The number of ether oxygens (including phenoxy) is 3. The number of hydrogen-bond acceptors (Lipinski definition) is 10. The second-order valence-electron chi connectivity index (χ2n) is 10.7. The van der Waals surface area contributed by atoms with Crippen LogP contribution in [0.5, 0.6) is 11.5 Å². The lowest BCUT2D eigenvalue weighted by atomic mass is 9.96. The van der Waals surface area contributed by atoms with Gasteiger partial charge in [0.2, 0.25) is 0 Å². The summed E-state index contributed by atoms with van der Waals surface area (Å²) in [5.41, 5.74) is 2.87. The Kier molecular flexibility index (Phi) is 9.57. The van der Waals surface area contributed by atoms with Gasteiger partial charge >= 0.3 is 11.9 Å². The van der Waals surface area contributed by atoms with Crippen LogP contribution in [0.3, 0.4) is 0 Å². The molecule has 1 aliphatic rings. The Morgan fingerprint density at radius 2 is 1.89 bits per heavy atom. The molecule has 4 heterocycles. The number of thiazole rings is 1. The van der Waals surface area contributed by atoms with E-state index in [1.807, 2.05) is 36.6 Å². The zero-order chi connectivity index (χ0) is 33.1. The number of Topliss-reactive ketones (excluding diaryl/α,β-unsaturated/α-hetero) is 1. The molecule has 0 saturated carbocycles. The number of aryl methyl sites for hydroxylation is 3. The number of benzene rings is 1. The summed E-state index contributed by atoms with van der Waals surface area (Å²) in [4.78, 5) is 51.0. The van der Waals surface area contributed by atoms with E-state index in [-0.39, 0.29) is 27.9 Å². The largest absolute Gasteiger partial charge is 0.505 e. The molecular formula is C34H36N4O7S. The lowest BCUT2D eigenvalue weighted by Crippen LogP contribution is -2.29. The number of hydrogen-bond donors (Lipinski definition) is 1. The molecule has 1 amide bonds. The first-order chi connectivity index (χ1) is 22.1. The minimum absolute atomic E-state index is 0.000734. The van der Waals surface area contributed by atoms with Gasteiger partial charge in [-0.3, -0.25) is 14.5 Å². The number of pyridine rings is 1. The van der Waals surface area contributed by atoms with E-state index in [1.165, 1.54) is 11.0 Å². The quantitative estimate of drug-likeness (QED) is 0.0474. The van der Waals surface area contributed by atoms with Gasteiger partial charge in [-0.1, -0.05) is 49.5 Å². The normalized spacial score (nSPS) is 15.8. The van der Waals surface area contributed by atoms with E-state index in [4.69, 9.17) is 14.2 Å². The highest BCUT2D eigenvalue weighted by Crippen LogP contribution is 2.46. The number of imidazole rings is 1. The summed E-state index contributed by atoms with van der Waals surface area (Å²) in [6, 6.07) is 7.77. The summed E-state index contributed by atoms with van der Waals surface area (Å²) in [5, 5.41) is 11.9. The highest BCUT2D eigenvalue weighted by molar-refractivity contribution is 7.17. The number of aliphatic hydroxyl groups is 1. The number of anilines is 1. The molecule has 1 aliphatic heterocycles. The second kappa shape index (κ2) is 13.6. The Morgan fingerprint density at radius 3 is 2.59 bits per heavy atom. The van der Waals surface area contributed by atoms with Gasteiger partial charge in [-0.2, -0.15) is 0 Å². The maximum Gasteiger partial charge on any atom is 0.350 e. The van der Waals surface area contributed by atoms with Crippen molar-refractivity contribution in [3.05, 3.63) is 87.8 Å². The zero-order valence-electron chi connectivity index (χ0n) is 26.5. The molecule has 1 atom stereocenters. The molecule has 1 saturated heterocycles. The fourth-order valence-electron chi connectivity index (χ4n) is 5.30. The van der Waals surface area contributed by atoms with Gasteiger partial charge in [0.05, 0.1) is 36.2 Å². The SMILES string of the molecule is C=CCOC(=O)c1sc(N2C(=O)C(=O)/C(=C(/O)c3nc4c(C)cccn4c3C)C2c2ccc(OCCCC)c(OCC)c2)nc1C. The number of fused-ring (bicyclic) bond motifs is 1. The Hall–Kier alpha value is -4.97. The first-order valence-corrected chi connectivity index (χ1v) is 15.8. The van der Waals surface area contributed by atoms with Gasteiger partial charge in [0.25, 0.3) is 5.78 Å². The fraction of sp³-hybridized carbons (Fsp3) is 0.324. The Balaban J connectivity index is 1.71. The van der Waals surface area contributed by atoms with Gasteiger partial charge in [-0.05, 0) is 63.4 Å². The molecule has 11 nitrogen and oxygen atoms in total. The van der Waals surface area contributed by atoms with Gasteiger partial charge in [-0.15, -0.1) is 0 Å². The second-order valence-corrected chi connectivity index (χ2v) is 11.7. The predicted octanol–water partition coefficient (Wildman–Crippen LogP) is 6.26. The number of esters is 1. The van der Waals surface area contributed by atoms with E-state index >= 15 is 0 Å². The number of carbonyl (C=O) groups excluding carboxylic acids is 3. The van der Waals surface area contributed by atoms with Gasteiger partial charge in [0, 0.05) is 6.20 Å². The molecule has 0 spiro atoms. The van der Waals surface area contributed by atoms with Crippen LogP contribution in [-0.4, -0.2) is 57.0 Å². The van der Waals surface area contributed by atoms with E-state index < -0.39 is 29.5 Å². The zero-order valence-corrected chi connectivity index (χ0v) is 27.3. The van der Waals surface area contributed by atoms with Crippen LogP contribution in [0.1, 0.15) is 70.6 Å². The Labute approximate surface area is 270 Å². The number of unbranched alkanes of at least 4 members (excludes halogenated alkanes) is 1. The molecule has 12 heteroatoms. The fourth-order valence-corrected chi connectivity index (χ4v) is 6.29. The van der Waals surface area contributed by atoms with Crippen molar-refractivity contribution in [1.82, 2.24) is 14.4 Å². The smallest absolute Gasteiger partial charge is 0.350 e.